The van der Waals surface area contributed by atoms with Gasteiger partial charge in [0.1, 0.15) is 5.82 Å². The summed E-state index contributed by atoms with van der Waals surface area (Å²) < 4.78 is 14.3. The Morgan fingerprint density at radius 3 is 2.72 bits per heavy atom. The number of rotatable bonds is 3. The van der Waals surface area contributed by atoms with E-state index in [-0.39, 0.29) is 5.82 Å². The smallest absolute Gasteiger partial charge is 0.129 e. The molecule has 2 rings (SSSR count). The maximum Gasteiger partial charge on any atom is 0.129 e. The van der Waals surface area contributed by atoms with Crippen LogP contribution in [0.5, 0.6) is 0 Å². The van der Waals surface area contributed by atoms with Crippen molar-refractivity contribution in [3.8, 4) is 0 Å². The first kappa shape index (κ1) is 13.2. The molecule has 0 heterocycles. The zero-order valence-electron chi connectivity index (χ0n) is 9.38. The number of nitrogens with two attached hydrogens (primary N) is 1. The lowest BCUT2D eigenvalue weighted by Crippen LogP contribution is -2.04. The van der Waals surface area contributed by atoms with Crippen molar-refractivity contribution in [2.24, 2.45) is 0 Å². The molecule has 2 aromatic rings. The quantitative estimate of drug-likeness (QED) is 0.817. The lowest BCUT2D eigenvalue weighted by Gasteiger charge is -2.10. The van der Waals surface area contributed by atoms with Gasteiger partial charge < -0.3 is 11.1 Å². The van der Waals surface area contributed by atoms with Gasteiger partial charge in [0, 0.05) is 21.6 Å². The van der Waals surface area contributed by atoms with Crippen LogP contribution in [-0.4, -0.2) is 0 Å². The number of nitrogens with one attached hydrogen (secondary N) is 1. The second kappa shape index (κ2) is 5.59. The topological polar surface area (TPSA) is 38.0 Å². The second-order valence-corrected chi connectivity index (χ2v) is 5.17. The van der Waals surface area contributed by atoms with Crippen molar-refractivity contribution in [3.05, 3.63) is 57.3 Å². The van der Waals surface area contributed by atoms with Crippen molar-refractivity contribution < 1.29 is 4.39 Å². The molecule has 2 nitrogen and oxygen atoms in total. The van der Waals surface area contributed by atoms with Gasteiger partial charge in [0.05, 0.1) is 11.4 Å². The minimum absolute atomic E-state index is 0.266. The van der Waals surface area contributed by atoms with Crippen molar-refractivity contribution in [2.45, 2.75) is 6.54 Å². The first-order valence-electron chi connectivity index (χ1n) is 5.29. The SMILES string of the molecule is Nc1ccc(Cl)cc1NCc1ccc(Br)cc1F. The van der Waals surface area contributed by atoms with Crippen molar-refractivity contribution in [3.63, 3.8) is 0 Å². The number of halogens is 3. The van der Waals surface area contributed by atoms with Crippen LogP contribution in [0.15, 0.2) is 40.9 Å². The Bertz CT molecular complexity index is 575. The molecule has 0 aliphatic heterocycles. The fourth-order valence-electron chi connectivity index (χ4n) is 1.54. The summed E-state index contributed by atoms with van der Waals surface area (Å²) in [5.41, 5.74) is 7.64. The third kappa shape index (κ3) is 3.15. The van der Waals surface area contributed by atoms with E-state index in [9.17, 15) is 4.39 Å². The van der Waals surface area contributed by atoms with E-state index in [1.54, 1.807) is 30.3 Å². The fraction of sp³-hybridized carbons (Fsp3) is 0.0769. The molecule has 0 bridgehead atoms. The van der Waals surface area contributed by atoms with Crippen LogP contribution in [0.4, 0.5) is 15.8 Å². The zero-order valence-corrected chi connectivity index (χ0v) is 11.7. The Hall–Kier alpha value is -1.26. The average molecular weight is 330 g/mol. The molecular weight excluding hydrogens is 319 g/mol. The predicted octanol–water partition coefficient (Wildman–Crippen LogP) is 4.44. The largest absolute Gasteiger partial charge is 0.397 e. The highest BCUT2D eigenvalue weighted by molar-refractivity contribution is 9.10. The van der Waals surface area contributed by atoms with Gasteiger partial charge in [0.25, 0.3) is 0 Å². The third-order valence-electron chi connectivity index (χ3n) is 2.50. The maximum atomic E-state index is 13.6. The summed E-state index contributed by atoms with van der Waals surface area (Å²) >= 11 is 9.09. The van der Waals surface area contributed by atoms with E-state index in [1.807, 2.05) is 0 Å². The fourth-order valence-corrected chi connectivity index (χ4v) is 2.04. The van der Waals surface area contributed by atoms with E-state index in [2.05, 4.69) is 21.2 Å². The van der Waals surface area contributed by atoms with Crippen LogP contribution in [0.1, 0.15) is 5.56 Å². The Morgan fingerprint density at radius 2 is 2.00 bits per heavy atom. The average Bonchev–Trinajstić information content (AvgIpc) is 2.32. The Kier molecular flexibility index (Phi) is 4.09. The number of nitrogen functional groups attached to an aromatic ring is 1. The molecule has 0 aliphatic rings. The lowest BCUT2D eigenvalue weighted by molar-refractivity contribution is 0.612. The first-order chi connectivity index (χ1) is 8.56. The van der Waals surface area contributed by atoms with Crippen LogP contribution >= 0.6 is 27.5 Å². The van der Waals surface area contributed by atoms with E-state index >= 15 is 0 Å². The molecule has 0 aromatic heterocycles. The molecule has 2 aromatic carbocycles. The standard InChI is InChI=1S/C13H11BrClFN2/c14-9-2-1-8(11(16)5-9)7-18-13-6-10(15)3-4-12(13)17/h1-6,18H,7,17H2. The van der Waals surface area contributed by atoms with Crippen LogP contribution in [0.3, 0.4) is 0 Å². The molecule has 0 aliphatic carbocycles. The van der Waals surface area contributed by atoms with Gasteiger partial charge in [-0.25, -0.2) is 4.39 Å². The van der Waals surface area contributed by atoms with Crippen molar-refractivity contribution >= 4 is 38.9 Å². The van der Waals surface area contributed by atoms with Crippen LogP contribution < -0.4 is 11.1 Å². The minimum atomic E-state index is -0.266. The van der Waals surface area contributed by atoms with E-state index < -0.39 is 0 Å². The summed E-state index contributed by atoms with van der Waals surface area (Å²) in [7, 11) is 0. The van der Waals surface area contributed by atoms with E-state index in [0.29, 0.717) is 33.0 Å². The summed E-state index contributed by atoms with van der Waals surface area (Å²) in [5, 5.41) is 3.65. The van der Waals surface area contributed by atoms with Crippen molar-refractivity contribution in [1.29, 1.82) is 0 Å². The Morgan fingerprint density at radius 1 is 1.22 bits per heavy atom. The van der Waals surface area contributed by atoms with Crippen LogP contribution in [-0.2, 0) is 6.54 Å². The van der Waals surface area contributed by atoms with E-state index in [1.165, 1.54) is 6.07 Å². The molecule has 0 fully saturated rings. The highest BCUT2D eigenvalue weighted by Crippen LogP contribution is 2.24. The molecule has 0 radical (unpaired) electrons. The number of anilines is 2. The van der Waals surface area contributed by atoms with Gasteiger partial charge in [0.15, 0.2) is 0 Å². The maximum absolute atomic E-state index is 13.6. The van der Waals surface area contributed by atoms with E-state index in [0.717, 1.165) is 0 Å². The summed E-state index contributed by atoms with van der Waals surface area (Å²) in [4.78, 5) is 0. The van der Waals surface area contributed by atoms with Gasteiger partial charge in [-0.15, -0.1) is 0 Å². The molecule has 0 amide bonds. The third-order valence-corrected chi connectivity index (χ3v) is 3.23. The first-order valence-corrected chi connectivity index (χ1v) is 6.46. The molecule has 0 saturated carbocycles. The van der Waals surface area contributed by atoms with E-state index in [4.69, 9.17) is 17.3 Å². The van der Waals surface area contributed by atoms with Crippen molar-refractivity contribution in [1.82, 2.24) is 0 Å². The van der Waals surface area contributed by atoms with Gasteiger partial charge in [-0.3, -0.25) is 0 Å². The summed E-state index contributed by atoms with van der Waals surface area (Å²) in [6.07, 6.45) is 0. The summed E-state index contributed by atoms with van der Waals surface area (Å²) in [6.45, 7) is 0.351. The van der Waals surface area contributed by atoms with Gasteiger partial charge in [-0.2, -0.15) is 0 Å². The minimum Gasteiger partial charge on any atom is -0.397 e. The highest BCUT2D eigenvalue weighted by Gasteiger charge is 2.04. The van der Waals surface area contributed by atoms with Gasteiger partial charge in [0.2, 0.25) is 0 Å². The molecule has 5 heteroatoms. The Labute approximate surface area is 118 Å². The van der Waals surface area contributed by atoms with Crippen LogP contribution in [0.2, 0.25) is 5.02 Å². The molecule has 0 saturated heterocycles. The molecule has 0 unspecified atom stereocenters. The molecule has 94 valence electrons. The normalized spacial score (nSPS) is 10.4. The molecule has 0 spiro atoms. The number of hydrogen-bond donors (Lipinski definition) is 2. The number of hydrogen-bond acceptors (Lipinski definition) is 2. The lowest BCUT2D eigenvalue weighted by atomic mass is 10.2. The number of benzene rings is 2. The Balaban J connectivity index is 2.13. The second-order valence-electron chi connectivity index (χ2n) is 3.82. The van der Waals surface area contributed by atoms with Crippen LogP contribution in [0, 0.1) is 5.82 Å². The summed E-state index contributed by atoms with van der Waals surface area (Å²) in [5.74, 6) is -0.266. The molecule has 3 N–H and O–H groups in total. The molecular formula is C13H11BrClFN2. The zero-order chi connectivity index (χ0) is 13.1. The van der Waals surface area contributed by atoms with Gasteiger partial charge in [-0.05, 0) is 30.3 Å². The monoisotopic (exact) mass is 328 g/mol. The van der Waals surface area contributed by atoms with Gasteiger partial charge >= 0.3 is 0 Å². The highest BCUT2D eigenvalue weighted by atomic mass is 79.9. The van der Waals surface area contributed by atoms with Crippen molar-refractivity contribution in [2.75, 3.05) is 11.1 Å². The molecule has 0 atom stereocenters. The van der Waals surface area contributed by atoms with Crippen LogP contribution in [0.25, 0.3) is 0 Å². The predicted molar refractivity (Wildman–Crippen MR) is 77.3 cm³/mol. The summed E-state index contributed by atoms with van der Waals surface area (Å²) in [6, 6.07) is 10.1. The molecule has 18 heavy (non-hydrogen) atoms. The van der Waals surface area contributed by atoms with Gasteiger partial charge in [-0.1, -0.05) is 33.6 Å².